The number of halogens is 1. The molecule has 1 aromatic carbocycles. The molecule has 0 radical (unpaired) electrons. The second-order valence-corrected chi connectivity index (χ2v) is 9.00. The van der Waals surface area contributed by atoms with Crippen LogP contribution in [0.25, 0.3) is 0 Å². The van der Waals surface area contributed by atoms with Crippen molar-refractivity contribution in [3.05, 3.63) is 45.3 Å². The fourth-order valence-corrected chi connectivity index (χ4v) is 5.35. The second-order valence-electron chi connectivity index (χ2n) is 6.29. The van der Waals surface area contributed by atoms with Crippen LogP contribution in [0, 0.1) is 0 Å². The highest BCUT2D eigenvalue weighted by atomic mass is 35.5. The van der Waals surface area contributed by atoms with Gasteiger partial charge in [-0.25, -0.2) is 0 Å². The Hall–Kier alpha value is -1.54. The summed E-state index contributed by atoms with van der Waals surface area (Å²) in [5.74, 6) is 0.0712. The van der Waals surface area contributed by atoms with Crippen LogP contribution < -0.4 is 11.1 Å². The number of carbonyl (C=O) groups excluding carboxylic acids is 2. The van der Waals surface area contributed by atoms with Crippen molar-refractivity contribution in [1.29, 1.82) is 0 Å². The molecule has 0 unspecified atom stereocenters. The number of hydrogen-bond donors (Lipinski definition) is 2. The van der Waals surface area contributed by atoms with Gasteiger partial charge in [-0.15, -0.1) is 23.1 Å². The van der Waals surface area contributed by atoms with E-state index in [1.165, 1.54) is 11.3 Å². The zero-order valence-corrected chi connectivity index (χ0v) is 17.5. The van der Waals surface area contributed by atoms with Crippen LogP contribution in [0.1, 0.15) is 34.1 Å². The van der Waals surface area contributed by atoms with E-state index in [9.17, 15) is 9.59 Å². The normalized spacial score (nSPS) is 14.0. The molecule has 1 aromatic heterocycles. The molecule has 0 saturated heterocycles. The van der Waals surface area contributed by atoms with Gasteiger partial charge in [0.25, 0.3) is 5.91 Å². The highest BCUT2D eigenvalue weighted by Gasteiger charge is 2.27. The standard InChI is InChI=1S/C19H22ClN3O2S2/c1-2-23-9-7-14-15(11-23)27-19(17(14)18(21)25)22-16(24)8-10-26-13-5-3-12(20)4-6-13/h3-6H,2,7-11H2,1H3,(H2,21,25)(H,22,24). The summed E-state index contributed by atoms with van der Waals surface area (Å²) in [5.41, 5.74) is 7.10. The topological polar surface area (TPSA) is 75.4 Å². The van der Waals surface area contributed by atoms with Gasteiger partial charge < -0.3 is 11.1 Å². The molecule has 27 heavy (non-hydrogen) atoms. The van der Waals surface area contributed by atoms with Gasteiger partial charge in [0, 0.05) is 40.1 Å². The minimum absolute atomic E-state index is 0.107. The molecule has 8 heteroatoms. The molecule has 3 N–H and O–H groups in total. The lowest BCUT2D eigenvalue weighted by atomic mass is 10.0. The van der Waals surface area contributed by atoms with E-state index in [4.69, 9.17) is 17.3 Å². The van der Waals surface area contributed by atoms with Crippen molar-refractivity contribution < 1.29 is 9.59 Å². The van der Waals surface area contributed by atoms with Gasteiger partial charge in [0.15, 0.2) is 0 Å². The lowest BCUT2D eigenvalue weighted by molar-refractivity contribution is -0.115. The molecule has 144 valence electrons. The number of fused-ring (bicyclic) bond motifs is 1. The van der Waals surface area contributed by atoms with Crippen LogP contribution >= 0.6 is 34.7 Å². The highest BCUT2D eigenvalue weighted by molar-refractivity contribution is 7.99. The lowest BCUT2D eigenvalue weighted by Crippen LogP contribution is -2.30. The third kappa shape index (κ3) is 5.04. The molecular weight excluding hydrogens is 402 g/mol. The molecule has 1 aliphatic heterocycles. The zero-order valence-electron chi connectivity index (χ0n) is 15.1. The monoisotopic (exact) mass is 423 g/mol. The van der Waals surface area contributed by atoms with Crippen molar-refractivity contribution in [2.45, 2.75) is 31.2 Å². The third-order valence-electron chi connectivity index (χ3n) is 4.49. The summed E-state index contributed by atoms with van der Waals surface area (Å²) in [4.78, 5) is 28.8. The van der Waals surface area contributed by atoms with E-state index >= 15 is 0 Å². The molecule has 0 bridgehead atoms. The molecule has 1 aliphatic rings. The Kier molecular flexibility index (Phi) is 6.81. The van der Waals surface area contributed by atoms with Gasteiger partial charge in [-0.2, -0.15) is 0 Å². The molecule has 0 spiro atoms. The second kappa shape index (κ2) is 9.10. The summed E-state index contributed by atoms with van der Waals surface area (Å²) in [6, 6.07) is 7.53. The number of nitrogens with zero attached hydrogens (tertiary/aromatic N) is 1. The van der Waals surface area contributed by atoms with E-state index < -0.39 is 5.91 Å². The maximum atomic E-state index is 12.4. The minimum Gasteiger partial charge on any atom is -0.365 e. The average molecular weight is 424 g/mol. The summed E-state index contributed by atoms with van der Waals surface area (Å²) in [6.07, 6.45) is 1.15. The summed E-state index contributed by atoms with van der Waals surface area (Å²) < 4.78 is 0. The smallest absolute Gasteiger partial charge is 0.251 e. The van der Waals surface area contributed by atoms with E-state index in [-0.39, 0.29) is 5.91 Å². The summed E-state index contributed by atoms with van der Waals surface area (Å²) >= 11 is 8.94. The largest absolute Gasteiger partial charge is 0.365 e. The molecule has 3 rings (SSSR count). The van der Waals surface area contributed by atoms with Gasteiger partial charge in [-0.1, -0.05) is 18.5 Å². The van der Waals surface area contributed by atoms with Crippen molar-refractivity contribution in [1.82, 2.24) is 4.90 Å². The van der Waals surface area contributed by atoms with Crippen LogP contribution in [0.3, 0.4) is 0 Å². The number of amides is 2. The van der Waals surface area contributed by atoms with Gasteiger partial charge in [0.1, 0.15) is 5.00 Å². The third-order valence-corrected chi connectivity index (χ3v) is 6.89. The Balaban J connectivity index is 1.62. The lowest BCUT2D eigenvalue weighted by Gasteiger charge is -2.25. The Labute approximate surface area is 172 Å². The molecule has 2 aromatic rings. The van der Waals surface area contributed by atoms with Gasteiger partial charge in [-0.05, 0) is 42.8 Å². The molecule has 0 aliphatic carbocycles. The summed E-state index contributed by atoms with van der Waals surface area (Å²) in [7, 11) is 0. The quantitative estimate of drug-likeness (QED) is 0.660. The van der Waals surface area contributed by atoms with Crippen LogP contribution in [0.2, 0.25) is 5.02 Å². The Morgan fingerprint density at radius 3 is 2.74 bits per heavy atom. The maximum absolute atomic E-state index is 12.4. The van der Waals surface area contributed by atoms with E-state index in [0.29, 0.717) is 27.8 Å². The summed E-state index contributed by atoms with van der Waals surface area (Å²) in [6.45, 7) is 4.80. The molecule has 0 atom stereocenters. The molecule has 0 saturated carbocycles. The van der Waals surface area contributed by atoms with Crippen LogP contribution in [0.15, 0.2) is 29.2 Å². The average Bonchev–Trinajstić information content (AvgIpc) is 3.00. The first-order chi connectivity index (χ1) is 13.0. The molecule has 5 nitrogen and oxygen atoms in total. The number of anilines is 1. The van der Waals surface area contributed by atoms with Crippen molar-refractivity contribution in [3.63, 3.8) is 0 Å². The van der Waals surface area contributed by atoms with Gasteiger partial charge >= 0.3 is 0 Å². The Morgan fingerprint density at radius 1 is 1.33 bits per heavy atom. The molecule has 2 heterocycles. The fraction of sp³-hybridized carbons (Fsp3) is 0.368. The van der Waals surface area contributed by atoms with Crippen LogP contribution in [0.4, 0.5) is 5.00 Å². The van der Waals surface area contributed by atoms with Crippen molar-refractivity contribution in [3.8, 4) is 0 Å². The minimum atomic E-state index is -0.469. The van der Waals surface area contributed by atoms with Crippen molar-refractivity contribution in [2.24, 2.45) is 5.73 Å². The van der Waals surface area contributed by atoms with Gasteiger partial charge in [-0.3, -0.25) is 14.5 Å². The van der Waals surface area contributed by atoms with E-state index in [1.807, 2.05) is 24.3 Å². The Bertz CT molecular complexity index is 836. The van der Waals surface area contributed by atoms with Crippen LogP contribution in [0.5, 0.6) is 0 Å². The molecule has 0 fully saturated rings. The number of benzene rings is 1. The number of nitrogens with two attached hydrogens (primary N) is 1. The van der Waals surface area contributed by atoms with E-state index in [0.717, 1.165) is 41.4 Å². The fourth-order valence-electron chi connectivity index (χ4n) is 3.06. The van der Waals surface area contributed by atoms with E-state index in [2.05, 4.69) is 17.1 Å². The van der Waals surface area contributed by atoms with Gasteiger partial charge in [0.2, 0.25) is 5.91 Å². The number of primary amides is 1. The number of thiophene rings is 1. The Morgan fingerprint density at radius 2 is 2.07 bits per heavy atom. The predicted molar refractivity (Wildman–Crippen MR) is 113 cm³/mol. The number of rotatable bonds is 7. The SMILES string of the molecule is CCN1CCc2c(sc(NC(=O)CCSc3ccc(Cl)cc3)c2C(N)=O)C1. The molecule has 2 amide bonds. The highest BCUT2D eigenvalue weighted by Crippen LogP contribution is 2.37. The maximum Gasteiger partial charge on any atom is 0.251 e. The number of likely N-dealkylation sites (N-methyl/N-ethyl adjacent to an activating group) is 1. The first-order valence-corrected chi connectivity index (χ1v) is 11.0. The first-order valence-electron chi connectivity index (χ1n) is 8.82. The van der Waals surface area contributed by atoms with E-state index in [1.54, 1.807) is 11.8 Å². The number of carbonyl (C=O) groups is 2. The van der Waals surface area contributed by atoms with Crippen molar-refractivity contribution in [2.75, 3.05) is 24.2 Å². The summed E-state index contributed by atoms with van der Waals surface area (Å²) in [5, 5.41) is 4.19. The van der Waals surface area contributed by atoms with Crippen molar-refractivity contribution >= 4 is 51.5 Å². The van der Waals surface area contributed by atoms with Crippen LogP contribution in [-0.2, 0) is 17.8 Å². The number of thioether (sulfide) groups is 1. The predicted octanol–water partition coefficient (Wildman–Crippen LogP) is 4.00. The first kappa shape index (κ1) is 20.2. The molecular formula is C19H22ClN3O2S2. The van der Waals surface area contributed by atoms with Crippen LogP contribution in [-0.4, -0.2) is 35.6 Å². The number of nitrogens with one attached hydrogen (secondary N) is 1. The number of hydrogen-bond acceptors (Lipinski definition) is 5. The zero-order chi connectivity index (χ0) is 19.4. The van der Waals surface area contributed by atoms with Gasteiger partial charge in [0.05, 0.1) is 5.56 Å².